The Hall–Kier alpha value is -1.52. The molecule has 0 amide bonds. The first-order chi connectivity index (χ1) is 10.8. The minimum Gasteiger partial charge on any atom is -0.378 e. The molecule has 1 aromatic carbocycles. The van der Waals surface area contributed by atoms with Crippen LogP contribution in [0.1, 0.15) is 0 Å². The smallest absolute Gasteiger partial charge is 0.307 e. The van der Waals surface area contributed by atoms with Gasteiger partial charge in [-0.25, -0.2) is 9.37 Å². The molecule has 3 rings (SSSR count). The Balaban J connectivity index is 2.19. The van der Waals surface area contributed by atoms with Crippen molar-refractivity contribution in [2.45, 2.75) is 0 Å². The summed E-state index contributed by atoms with van der Waals surface area (Å²) in [5.74, 6) is -0.434. The number of rotatable bonds is 3. The Bertz CT molecular complexity index is 856. The zero-order valence-electron chi connectivity index (χ0n) is 12.1. The Morgan fingerprint density at radius 2 is 2.00 bits per heavy atom. The Morgan fingerprint density at radius 3 is 2.65 bits per heavy atom. The quantitative estimate of drug-likeness (QED) is 0.718. The highest BCUT2D eigenvalue weighted by molar-refractivity contribution is 9.10. The predicted octanol–water partition coefficient (Wildman–Crippen LogP) is 1.71. The average Bonchev–Trinajstić information content (AvgIpc) is 2.47. The van der Waals surface area contributed by atoms with Gasteiger partial charge in [0.2, 0.25) is 11.8 Å². The van der Waals surface area contributed by atoms with Gasteiger partial charge in [-0.15, -0.1) is 0 Å². The molecule has 0 radical (unpaired) electrons. The normalized spacial score (nSPS) is 15.9. The minimum atomic E-state index is -3.81. The van der Waals surface area contributed by atoms with E-state index >= 15 is 0 Å². The van der Waals surface area contributed by atoms with Crippen LogP contribution in [0.15, 0.2) is 16.6 Å². The Kier molecular flexibility index (Phi) is 4.39. The molecule has 1 aromatic heterocycles. The first-order valence-corrected chi connectivity index (χ1v) is 9.33. The van der Waals surface area contributed by atoms with E-state index in [1.807, 2.05) is 4.90 Å². The summed E-state index contributed by atoms with van der Waals surface area (Å²) in [6, 6.07) is 2.40. The second-order valence-corrected chi connectivity index (χ2v) is 7.43. The molecule has 0 aliphatic carbocycles. The van der Waals surface area contributed by atoms with E-state index in [2.05, 4.69) is 25.9 Å². The van der Waals surface area contributed by atoms with Gasteiger partial charge in [0, 0.05) is 17.6 Å². The first-order valence-electron chi connectivity index (χ1n) is 6.72. The van der Waals surface area contributed by atoms with Crippen molar-refractivity contribution in [1.82, 2.24) is 9.97 Å². The van der Waals surface area contributed by atoms with Crippen molar-refractivity contribution in [3.63, 3.8) is 0 Å². The summed E-state index contributed by atoms with van der Waals surface area (Å²) < 4.78 is 47.2. The van der Waals surface area contributed by atoms with E-state index in [1.54, 1.807) is 0 Å². The molecule has 1 fully saturated rings. The van der Waals surface area contributed by atoms with Crippen molar-refractivity contribution in [3.8, 4) is 5.88 Å². The zero-order chi connectivity index (χ0) is 16.6. The number of hydrogen-bond acceptors (Lipinski definition) is 7. The molecule has 0 N–H and O–H groups in total. The second kappa shape index (κ2) is 6.17. The number of fused-ring (bicyclic) bond motifs is 1. The molecule has 1 saturated heterocycles. The van der Waals surface area contributed by atoms with Gasteiger partial charge in [-0.3, -0.25) is 0 Å². The van der Waals surface area contributed by atoms with Gasteiger partial charge in [-0.1, -0.05) is 0 Å². The minimum absolute atomic E-state index is 0.180. The summed E-state index contributed by atoms with van der Waals surface area (Å²) in [6.07, 6.45) is 0.906. The lowest BCUT2D eigenvalue weighted by Gasteiger charge is -2.27. The summed E-state index contributed by atoms with van der Waals surface area (Å²) in [5.41, 5.74) is 0.376. The summed E-state index contributed by atoms with van der Waals surface area (Å²) in [4.78, 5) is 10.4. The number of halogens is 2. The van der Waals surface area contributed by atoms with Crippen molar-refractivity contribution >= 4 is 42.9 Å². The largest absolute Gasteiger partial charge is 0.378 e. The molecule has 1 aliphatic rings. The molecule has 0 unspecified atom stereocenters. The van der Waals surface area contributed by atoms with Gasteiger partial charge in [0.05, 0.1) is 30.4 Å². The molecular formula is C13H13BrFN3O4S. The summed E-state index contributed by atoms with van der Waals surface area (Å²) in [6.45, 7) is 2.19. The Labute approximate surface area is 140 Å². The van der Waals surface area contributed by atoms with Gasteiger partial charge >= 0.3 is 10.1 Å². The molecule has 0 spiro atoms. The standard InChI is InChI=1S/C13H13BrFN3O4S/c1-23(19,20)22-12-9-6-8(15)7-10(14)11(9)16-13(17-12)18-2-4-21-5-3-18/h6-7H,2-5H2,1H3. The van der Waals surface area contributed by atoms with Gasteiger partial charge in [-0.2, -0.15) is 13.4 Å². The Morgan fingerprint density at radius 1 is 1.30 bits per heavy atom. The van der Waals surface area contributed by atoms with Crippen LogP contribution < -0.4 is 9.08 Å². The molecule has 0 saturated carbocycles. The van der Waals surface area contributed by atoms with Crippen LogP contribution in [0.3, 0.4) is 0 Å². The molecule has 10 heteroatoms. The molecule has 0 atom stereocenters. The molecule has 1 aliphatic heterocycles. The summed E-state index contributed by atoms with van der Waals surface area (Å²) in [7, 11) is -3.81. The third kappa shape index (κ3) is 3.70. The highest BCUT2D eigenvalue weighted by Gasteiger charge is 2.21. The second-order valence-electron chi connectivity index (χ2n) is 5.00. The molecule has 0 bridgehead atoms. The van der Waals surface area contributed by atoms with Crippen LogP contribution >= 0.6 is 15.9 Å². The van der Waals surface area contributed by atoms with E-state index < -0.39 is 15.9 Å². The molecule has 124 valence electrons. The van der Waals surface area contributed by atoms with E-state index in [4.69, 9.17) is 8.92 Å². The predicted molar refractivity (Wildman–Crippen MR) is 85.7 cm³/mol. The van der Waals surface area contributed by atoms with E-state index in [-0.39, 0.29) is 11.3 Å². The van der Waals surface area contributed by atoms with E-state index in [0.29, 0.717) is 42.2 Å². The number of ether oxygens (including phenoxy) is 1. The molecular weight excluding hydrogens is 393 g/mol. The average molecular weight is 406 g/mol. The lowest BCUT2D eigenvalue weighted by Crippen LogP contribution is -2.37. The number of anilines is 1. The summed E-state index contributed by atoms with van der Waals surface area (Å²) in [5, 5.41) is 0.180. The number of nitrogens with zero attached hydrogens (tertiary/aromatic N) is 3. The lowest BCUT2D eigenvalue weighted by atomic mass is 10.2. The summed E-state index contributed by atoms with van der Waals surface area (Å²) >= 11 is 3.24. The maximum absolute atomic E-state index is 13.6. The van der Waals surface area contributed by atoms with Gasteiger partial charge in [-0.05, 0) is 28.1 Å². The maximum Gasteiger partial charge on any atom is 0.307 e. The SMILES string of the molecule is CS(=O)(=O)Oc1nc(N2CCOCC2)nc2c(Br)cc(F)cc12. The van der Waals surface area contributed by atoms with Crippen molar-refractivity contribution < 1.29 is 21.7 Å². The monoisotopic (exact) mass is 405 g/mol. The molecule has 7 nitrogen and oxygen atoms in total. The van der Waals surface area contributed by atoms with E-state index in [1.165, 1.54) is 6.07 Å². The zero-order valence-corrected chi connectivity index (χ0v) is 14.5. The van der Waals surface area contributed by atoms with Crippen molar-refractivity contribution in [2.75, 3.05) is 37.5 Å². The lowest BCUT2D eigenvalue weighted by molar-refractivity contribution is 0.122. The molecule has 2 heterocycles. The maximum atomic E-state index is 13.6. The fraction of sp³-hybridized carbons (Fsp3) is 0.385. The van der Waals surface area contributed by atoms with Gasteiger partial charge in [0.15, 0.2) is 0 Å². The van der Waals surface area contributed by atoms with Crippen LogP contribution in [0.2, 0.25) is 0 Å². The highest BCUT2D eigenvalue weighted by Crippen LogP contribution is 2.32. The van der Waals surface area contributed by atoms with Crippen LogP contribution in [-0.2, 0) is 14.9 Å². The first kappa shape index (κ1) is 16.3. The van der Waals surface area contributed by atoms with Crippen LogP contribution in [0, 0.1) is 5.82 Å². The van der Waals surface area contributed by atoms with Crippen molar-refractivity contribution in [3.05, 3.63) is 22.4 Å². The van der Waals surface area contributed by atoms with Crippen molar-refractivity contribution in [1.29, 1.82) is 0 Å². The fourth-order valence-corrected chi connectivity index (χ4v) is 3.17. The topological polar surface area (TPSA) is 81.6 Å². The fourth-order valence-electron chi connectivity index (χ4n) is 2.23. The number of morpholine rings is 1. The number of benzene rings is 1. The van der Waals surface area contributed by atoms with Gasteiger partial charge in [0.25, 0.3) is 0 Å². The van der Waals surface area contributed by atoms with Crippen LogP contribution in [0.4, 0.5) is 10.3 Å². The van der Waals surface area contributed by atoms with Gasteiger partial charge in [0.1, 0.15) is 5.82 Å². The van der Waals surface area contributed by atoms with E-state index in [9.17, 15) is 12.8 Å². The van der Waals surface area contributed by atoms with Crippen LogP contribution in [0.5, 0.6) is 5.88 Å². The van der Waals surface area contributed by atoms with Crippen LogP contribution in [-0.4, -0.2) is 50.9 Å². The van der Waals surface area contributed by atoms with Crippen molar-refractivity contribution in [2.24, 2.45) is 0 Å². The van der Waals surface area contributed by atoms with Crippen LogP contribution in [0.25, 0.3) is 10.9 Å². The highest BCUT2D eigenvalue weighted by atomic mass is 79.9. The third-order valence-electron chi connectivity index (χ3n) is 3.20. The van der Waals surface area contributed by atoms with E-state index in [0.717, 1.165) is 12.3 Å². The number of aromatic nitrogens is 2. The van der Waals surface area contributed by atoms with Gasteiger partial charge < -0.3 is 13.8 Å². The number of hydrogen-bond donors (Lipinski definition) is 0. The third-order valence-corrected chi connectivity index (χ3v) is 4.26. The molecule has 23 heavy (non-hydrogen) atoms. The molecule has 2 aromatic rings.